The number of nitrogen functional groups attached to an aromatic ring is 1. The van der Waals surface area contributed by atoms with Crippen LogP contribution >= 0.6 is 0 Å². The van der Waals surface area contributed by atoms with Crippen LogP contribution in [0.3, 0.4) is 0 Å². The predicted molar refractivity (Wildman–Crippen MR) is 103 cm³/mol. The minimum Gasteiger partial charge on any atom is -0.454 e. The second-order valence-electron chi connectivity index (χ2n) is 6.48. The van der Waals surface area contributed by atoms with E-state index in [1.807, 2.05) is 11.5 Å². The summed E-state index contributed by atoms with van der Waals surface area (Å²) < 4.78 is 20.4. The molecule has 146 valence electrons. The van der Waals surface area contributed by atoms with Gasteiger partial charge in [-0.15, -0.1) is 0 Å². The lowest BCUT2D eigenvalue weighted by Gasteiger charge is -2.12. The first kappa shape index (κ1) is 19.3. The summed E-state index contributed by atoms with van der Waals surface area (Å²) in [6.07, 6.45) is 0. The molecule has 8 nitrogen and oxygen atoms in total. The Bertz CT molecular complexity index is 1010. The van der Waals surface area contributed by atoms with E-state index in [1.165, 1.54) is 12.1 Å². The van der Waals surface area contributed by atoms with Crippen molar-refractivity contribution in [3.63, 3.8) is 0 Å². The zero-order valence-corrected chi connectivity index (χ0v) is 16.1. The van der Waals surface area contributed by atoms with Crippen molar-refractivity contribution < 1.29 is 13.9 Å². The molecule has 28 heavy (non-hydrogen) atoms. The summed E-state index contributed by atoms with van der Waals surface area (Å²) in [6.45, 7) is 3.54. The number of nitrogens with zero attached hydrogens (tertiary/aromatic N) is 5. The Hall–Kier alpha value is -3.49. The van der Waals surface area contributed by atoms with E-state index in [1.54, 1.807) is 44.1 Å². The zero-order valence-electron chi connectivity index (χ0n) is 16.1. The molecule has 0 radical (unpaired) electrons. The van der Waals surface area contributed by atoms with Crippen LogP contribution in [0.2, 0.25) is 0 Å². The summed E-state index contributed by atoms with van der Waals surface area (Å²) in [5, 5.41) is 0. The smallest absolute Gasteiger partial charge is 0.340 e. The van der Waals surface area contributed by atoms with Crippen molar-refractivity contribution >= 4 is 17.9 Å². The van der Waals surface area contributed by atoms with Gasteiger partial charge in [0.1, 0.15) is 5.82 Å². The van der Waals surface area contributed by atoms with Gasteiger partial charge >= 0.3 is 5.97 Å². The molecule has 0 unspecified atom stereocenters. The second kappa shape index (κ2) is 7.63. The maximum atomic E-state index is 13.2. The number of benzene rings is 1. The molecule has 0 aliphatic carbocycles. The quantitative estimate of drug-likeness (QED) is 0.675. The number of aryl methyl sites for hydroxylation is 1. The number of anilines is 2. The number of hydrogen-bond donors (Lipinski definition) is 1. The average molecular weight is 384 g/mol. The van der Waals surface area contributed by atoms with Crippen molar-refractivity contribution in [2.24, 2.45) is 0 Å². The topological polar surface area (TPSA) is 99.2 Å². The molecule has 0 atom stereocenters. The van der Waals surface area contributed by atoms with Gasteiger partial charge in [-0.25, -0.2) is 9.18 Å². The lowest BCUT2D eigenvalue weighted by molar-refractivity contribution is 0.0461. The van der Waals surface area contributed by atoms with Gasteiger partial charge in [0.15, 0.2) is 12.4 Å². The van der Waals surface area contributed by atoms with E-state index in [2.05, 4.69) is 15.0 Å². The highest BCUT2D eigenvalue weighted by molar-refractivity contribution is 5.91. The molecule has 0 bridgehead atoms. The SMILES string of the molecule is Cc1cc(C(=O)OCc2nc(N)nc(N(C)C)n2)c(C)n1-c1ccc(F)cc1. The van der Waals surface area contributed by atoms with Crippen LogP contribution in [0.4, 0.5) is 16.3 Å². The molecule has 0 saturated carbocycles. The first-order chi connectivity index (χ1) is 13.3. The number of halogens is 1. The fraction of sp³-hybridized carbons (Fsp3) is 0.263. The van der Waals surface area contributed by atoms with E-state index in [0.29, 0.717) is 17.2 Å². The summed E-state index contributed by atoms with van der Waals surface area (Å²) >= 11 is 0. The van der Waals surface area contributed by atoms with Gasteiger partial charge in [-0.05, 0) is 44.2 Å². The molecule has 2 aromatic heterocycles. The van der Waals surface area contributed by atoms with E-state index >= 15 is 0 Å². The van der Waals surface area contributed by atoms with E-state index < -0.39 is 5.97 Å². The van der Waals surface area contributed by atoms with Gasteiger partial charge in [-0.3, -0.25) is 0 Å². The fourth-order valence-electron chi connectivity index (χ4n) is 2.85. The number of carbonyl (C=O) groups excluding carboxylic acids is 1. The van der Waals surface area contributed by atoms with Gasteiger partial charge in [0.25, 0.3) is 0 Å². The molecule has 0 saturated heterocycles. The monoisotopic (exact) mass is 384 g/mol. The number of rotatable bonds is 5. The third-order valence-electron chi connectivity index (χ3n) is 4.16. The van der Waals surface area contributed by atoms with Gasteiger partial charge in [-0.1, -0.05) is 0 Å². The van der Waals surface area contributed by atoms with E-state index in [0.717, 1.165) is 11.4 Å². The Morgan fingerprint density at radius 3 is 2.50 bits per heavy atom. The normalized spacial score (nSPS) is 10.8. The van der Waals surface area contributed by atoms with Gasteiger partial charge in [0.2, 0.25) is 11.9 Å². The van der Waals surface area contributed by atoms with Crippen molar-refractivity contribution in [3.8, 4) is 5.69 Å². The predicted octanol–water partition coefficient (Wildman–Crippen LogP) is 2.42. The second-order valence-corrected chi connectivity index (χ2v) is 6.48. The Labute approximate surface area is 161 Å². The number of carbonyl (C=O) groups is 1. The molecular weight excluding hydrogens is 363 g/mol. The average Bonchev–Trinajstić information content (AvgIpc) is 2.94. The number of nitrogens with two attached hydrogens (primary N) is 1. The standard InChI is InChI=1S/C19H21FN6O2/c1-11-9-15(12(2)26(11)14-7-5-13(20)6-8-14)17(27)28-10-16-22-18(21)24-19(23-16)25(3)4/h5-9H,10H2,1-4H3,(H2,21,22,23,24). The van der Waals surface area contributed by atoms with E-state index in [9.17, 15) is 9.18 Å². The first-order valence-electron chi connectivity index (χ1n) is 8.56. The lowest BCUT2D eigenvalue weighted by Crippen LogP contribution is -2.17. The number of ether oxygens (including phenoxy) is 1. The van der Waals surface area contributed by atoms with Crippen LogP contribution in [0.1, 0.15) is 27.6 Å². The van der Waals surface area contributed by atoms with Crippen LogP contribution in [0.5, 0.6) is 0 Å². The number of hydrogen-bond acceptors (Lipinski definition) is 7. The van der Waals surface area contributed by atoms with Crippen LogP contribution < -0.4 is 10.6 Å². The molecule has 9 heteroatoms. The highest BCUT2D eigenvalue weighted by Crippen LogP contribution is 2.22. The van der Waals surface area contributed by atoms with Gasteiger partial charge in [0, 0.05) is 31.2 Å². The largest absolute Gasteiger partial charge is 0.454 e. The third-order valence-corrected chi connectivity index (χ3v) is 4.16. The molecule has 0 fully saturated rings. The molecule has 0 amide bonds. The van der Waals surface area contributed by atoms with Crippen molar-refractivity contribution in [2.75, 3.05) is 24.7 Å². The maximum absolute atomic E-state index is 13.2. The van der Waals surface area contributed by atoms with Crippen molar-refractivity contribution in [1.82, 2.24) is 19.5 Å². The van der Waals surface area contributed by atoms with Crippen LogP contribution in [0.15, 0.2) is 30.3 Å². The van der Waals surface area contributed by atoms with Crippen LogP contribution in [0, 0.1) is 19.7 Å². The van der Waals surface area contributed by atoms with Crippen LogP contribution in [-0.4, -0.2) is 39.6 Å². The summed E-state index contributed by atoms with van der Waals surface area (Å²) in [5.41, 5.74) is 8.37. The van der Waals surface area contributed by atoms with Gasteiger partial charge < -0.3 is 19.9 Å². The number of esters is 1. The maximum Gasteiger partial charge on any atom is 0.340 e. The van der Waals surface area contributed by atoms with E-state index in [-0.39, 0.29) is 24.2 Å². The van der Waals surface area contributed by atoms with Gasteiger partial charge in [-0.2, -0.15) is 15.0 Å². The minimum absolute atomic E-state index is 0.0548. The Balaban J connectivity index is 1.80. The zero-order chi connectivity index (χ0) is 20.4. The molecule has 0 aliphatic rings. The van der Waals surface area contributed by atoms with Crippen LogP contribution in [-0.2, 0) is 11.3 Å². The van der Waals surface area contributed by atoms with Crippen molar-refractivity contribution in [3.05, 3.63) is 58.9 Å². The van der Waals surface area contributed by atoms with Crippen molar-refractivity contribution in [1.29, 1.82) is 0 Å². The molecular formula is C19H21FN6O2. The highest BCUT2D eigenvalue weighted by Gasteiger charge is 2.19. The Kier molecular flexibility index (Phi) is 5.25. The molecule has 0 aliphatic heterocycles. The Morgan fingerprint density at radius 1 is 1.18 bits per heavy atom. The number of aromatic nitrogens is 4. The molecule has 1 aromatic carbocycles. The van der Waals surface area contributed by atoms with Crippen molar-refractivity contribution in [2.45, 2.75) is 20.5 Å². The van der Waals surface area contributed by atoms with Crippen LogP contribution in [0.25, 0.3) is 5.69 Å². The molecule has 3 aromatic rings. The third kappa shape index (κ3) is 3.93. The van der Waals surface area contributed by atoms with E-state index in [4.69, 9.17) is 10.5 Å². The molecule has 2 heterocycles. The van der Waals surface area contributed by atoms with Gasteiger partial charge in [0.05, 0.1) is 5.56 Å². The molecule has 2 N–H and O–H groups in total. The minimum atomic E-state index is -0.508. The summed E-state index contributed by atoms with van der Waals surface area (Å²) in [5.74, 6) is -0.129. The summed E-state index contributed by atoms with van der Waals surface area (Å²) in [4.78, 5) is 26.5. The summed E-state index contributed by atoms with van der Waals surface area (Å²) in [7, 11) is 3.55. The summed E-state index contributed by atoms with van der Waals surface area (Å²) in [6, 6.07) is 7.79. The molecule has 3 rings (SSSR count). The lowest BCUT2D eigenvalue weighted by atomic mass is 10.2. The first-order valence-corrected chi connectivity index (χ1v) is 8.56. The highest BCUT2D eigenvalue weighted by atomic mass is 19.1. The fourth-order valence-corrected chi connectivity index (χ4v) is 2.85. The molecule has 0 spiro atoms. The Morgan fingerprint density at radius 2 is 1.86 bits per heavy atom.